The molecule has 0 N–H and O–H groups in total. The van der Waals surface area contributed by atoms with Gasteiger partial charge in [-0.2, -0.15) is 0 Å². The second-order valence-corrected chi connectivity index (χ2v) is 2.94. The van der Waals surface area contributed by atoms with Gasteiger partial charge in [0, 0.05) is 19.5 Å². The Kier molecular flexibility index (Phi) is 2.86. The molecule has 0 bridgehead atoms. The third-order valence-electron chi connectivity index (χ3n) is 2.31. The van der Waals surface area contributed by atoms with Gasteiger partial charge in [0.05, 0.1) is 0 Å². The molecule has 0 amide bonds. The molecule has 1 heteroatoms. The fraction of sp³-hybridized carbons (Fsp3) is 0.556. The van der Waals surface area contributed by atoms with Crippen LogP contribution in [0.3, 0.4) is 0 Å². The monoisotopic (exact) mass is 222 g/mol. The minimum atomic E-state index is 0. The summed E-state index contributed by atoms with van der Waals surface area (Å²) in [5.74, 6) is 0. The Labute approximate surface area is 75.2 Å². The van der Waals surface area contributed by atoms with Gasteiger partial charge < -0.3 is 0 Å². The van der Waals surface area contributed by atoms with E-state index in [1.165, 1.54) is 32.1 Å². The second kappa shape index (κ2) is 3.48. The zero-order valence-corrected chi connectivity index (χ0v) is 7.78. The van der Waals surface area contributed by atoms with Crippen molar-refractivity contribution in [3.8, 4) is 0 Å². The molecule has 0 heterocycles. The van der Waals surface area contributed by atoms with Gasteiger partial charge in [-0.1, -0.05) is 17.7 Å². The van der Waals surface area contributed by atoms with Crippen LogP contribution in [0.15, 0.2) is 23.3 Å². The van der Waals surface area contributed by atoms with Gasteiger partial charge in [0.2, 0.25) is 0 Å². The maximum Gasteiger partial charge on any atom is 0 e. The molecule has 0 unspecified atom stereocenters. The van der Waals surface area contributed by atoms with Gasteiger partial charge >= 0.3 is 0 Å². The molecule has 0 spiro atoms. The van der Waals surface area contributed by atoms with Crippen LogP contribution in [-0.4, -0.2) is 0 Å². The van der Waals surface area contributed by atoms with E-state index in [0.717, 1.165) is 0 Å². The number of hydrogen-bond donors (Lipinski definition) is 0. The van der Waals surface area contributed by atoms with Crippen LogP contribution in [0.4, 0.5) is 0 Å². The van der Waals surface area contributed by atoms with E-state index >= 15 is 0 Å². The Morgan fingerprint density at radius 3 is 2.70 bits per heavy atom. The van der Waals surface area contributed by atoms with E-state index in [9.17, 15) is 0 Å². The van der Waals surface area contributed by atoms with Crippen LogP contribution in [0.2, 0.25) is 0 Å². The van der Waals surface area contributed by atoms with Gasteiger partial charge in [0.1, 0.15) is 0 Å². The molecule has 56 valence electrons. The van der Waals surface area contributed by atoms with E-state index in [2.05, 4.69) is 12.2 Å². The van der Waals surface area contributed by atoms with Gasteiger partial charge in [-0.05, 0) is 37.7 Å². The molecule has 0 aliphatic heterocycles. The Bertz CT molecular complexity index is 177. The Morgan fingerprint density at radius 2 is 1.90 bits per heavy atom. The molecule has 0 saturated carbocycles. The van der Waals surface area contributed by atoms with Crippen LogP contribution in [0.1, 0.15) is 32.1 Å². The molecule has 0 aromatic rings. The van der Waals surface area contributed by atoms with Crippen molar-refractivity contribution in [2.45, 2.75) is 32.1 Å². The fourth-order valence-electron chi connectivity index (χ4n) is 1.77. The summed E-state index contributed by atoms with van der Waals surface area (Å²) in [6.45, 7) is 0. The third-order valence-corrected chi connectivity index (χ3v) is 2.31. The Balaban J connectivity index is 0.000000500. The molecule has 0 fully saturated rings. The SMILES string of the molecule is C1=CC2=C(C1)CCCC2.[Ru]. The van der Waals surface area contributed by atoms with Crippen molar-refractivity contribution in [3.05, 3.63) is 23.3 Å². The topological polar surface area (TPSA) is 0 Å². The quantitative estimate of drug-likeness (QED) is 0.552. The molecule has 0 radical (unpaired) electrons. The van der Waals surface area contributed by atoms with Crippen LogP contribution in [-0.2, 0) is 19.5 Å². The summed E-state index contributed by atoms with van der Waals surface area (Å²) in [5.41, 5.74) is 3.38. The minimum absolute atomic E-state index is 0. The standard InChI is InChI=1S/C9H12.Ru/c1-2-5-9-7-3-6-8(9)4-1;/h3,6H,1-2,4-5,7H2;. The van der Waals surface area contributed by atoms with E-state index < -0.39 is 0 Å². The fourth-order valence-corrected chi connectivity index (χ4v) is 1.77. The molecule has 0 aromatic carbocycles. The average molecular weight is 221 g/mol. The first-order valence-corrected chi connectivity index (χ1v) is 3.84. The van der Waals surface area contributed by atoms with Crippen molar-refractivity contribution in [2.24, 2.45) is 0 Å². The van der Waals surface area contributed by atoms with Crippen molar-refractivity contribution in [1.29, 1.82) is 0 Å². The van der Waals surface area contributed by atoms with Crippen LogP contribution < -0.4 is 0 Å². The zero-order chi connectivity index (χ0) is 6.10. The molecule has 0 nitrogen and oxygen atoms in total. The van der Waals surface area contributed by atoms with E-state index in [-0.39, 0.29) is 19.5 Å². The molecule has 0 atom stereocenters. The normalized spacial score (nSPS) is 22.4. The predicted molar refractivity (Wildman–Crippen MR) is 39.3 cm³/mol. The van der Waals surface area contributed by atoms with Gasteiger partial charge in [-0.3, -0.25) is 0 Å². The predicted octanol–water partition coefficient (Wildman–Crippen LogP) is 2.81. The zero-order valence-electron chi connectivity index (χ0n) is 6.04. The van der Waals surface area contributed by atoms with E-state index in [0.29, 0.717) is 0 Å². The Morgan fingerprint density at radius 1 is 1.10 bits per heavy atom. The Hall–Kier alpha value is 0.103. The molecule has 2 aliphatic rings. The van der Waals surface area contributed by atoms with Crippen molar-refractivity contribution in [2.75, 3.05) is 0 Å². The molecule has 0 aromatic heterocycles. The summed E-state index contributed by atoms with van der Waals surface area (Å²) in [6, 6.07) is 0. The molecule has 2 rings (SSSR count). The van der Waals surface area contributed by atoms with Gasteiger partial charge in [0.15, 0.2) is 0 Å². The van der Waals surface area contributed by atoms with Gasteiger partial charge in [0.25, 0.3) is 0 Å². The molecule has 10 heavy (non-hydrogen) atoms. The first-order chi connectivity index (χ1) is 4.47. The molecule has 2 aliphatic carbocycles. The average Bonchev–Trinajstić information content (AvgIpc) is 2.33. The summed E-state index contributed by atoms with van der Waals surface area (Å²) in [5, 5.41) is 0. The molecular formula is C9H12Ru. The van der Waals surface area contributed by atoms with Gasteiger partial charge in [-0.25, -0.2) is 0 Å². The maximum atomic E-state index is 2.31. The summed E-state index contributed by atoms with van der Waals surface area (Å²) in [6.07, 6.45) is 11.5. The van der Waals surface area contributed by atoms with Crippen LogP contribution >= 0.6 is 0 Å². The number of allylic oxidation sites excluding steroid dienone is 4. The number of hydrogen-bond acceptors (Lipinski definition) is 0. The van der Waals surface area contributed by atoms with E-state index in [1.54, 1.807) is 11.1 Å². The summed E-state index contributed by atoms with van der Waals surface area (Å²) in [7, 11) is 0. The first-order valence-electron chi connectivity index (χ1n) is 3.84. The smallest absolute Gasteiger partial charge is 0 e. The third kappa shape index (κ3) is 1.40. The van der Waals surface area contributed by atoms with Crippen LogP contribution in [0.5, 0.6) is 0 Å². The van der Waals surface area contributed by atoms with Crippen molar-refractivity contribution >= 4 is 0 Å². The largest absolute Gasteiger partial charge is 0.0802 e. The van der Waals surface area contributed by atoms with Crippen molar-refractivity contribution < 1.29 is 19.5 Å². The van der Waals surface area contributed by atoms with Crippen molar-refractivity contribution in [3.63, 3.8) is 0 Å². The van der Waals surface area contributed by atoms with Crippen LogP contribution in [0.25, 0.3) is 0 Å². The van der Waals surface area contributed by atoms with Gasteiger partial charge in [-0.15, -0.1) is 0 Å². The summed E-state index contributed by atoms with van der Waals surface area (Å²) < 4.78 is 0. The first kappa shape index (κ1) is 8.20. The molecule has 0 saturated heterocycles. The minimum Gasteiger partial charge on any atom is -0.0802 e. The maximum absolute atomic E-state index is 2.31. The molecular weight excluding hydrogens is 209 g/mol. The second-order valence-electron chi connectivity index (χ2n) is 2.94. The summed E-state index contributed by atoms with van der Waals surface area (Å²) in [4.78, 5) is 0. The van der Waals surface area contributed by atoms with E-state index in [4.69, 9.17) is 0 Å². The van der Waals surface area contributed by atoms with Crippen molar-refractivity contribution in [1.82, 2.24) is 0 Å². The number of rotatable bonds is 0. The summed E-state index contributed by atoms with van der Waals surface area (Å²) >= 11 is 0. The van der Waals surface area contributed by atoms with E-state index in [1.807, 2.05) is 0 Å². The van der Waals surface area contributed by atoms with Crippen LogP contribution in [0, 0.1) is 0 Å².